The summed E-state index contributed by atoms with van der Waals surface area (Å²) in [6.45, 7) is 0. The molecule has 1 aromatic carbocycles. The average Bonchev–Trinajstić information content (AvgIpc) is 2.26. The molecular formula is C12H12NO2. The van der Waals surface area contributed by atoms with Gasteiger partial charge in [0, 0.05) is 12.8 Å². The summed E-state index contributed by atoms with van der Waals surface area (Å²) in [4.78, 5) is 23.1. The minimum Gasteiger partial charge on any atom is -0.320 e. The lowest BCUT2D eigenvalue weighted by molar-refractivity contribution is -0.128. The van der Waals surface area contributed by atoms with Gasteiger partial charge in [-0.2, -0.15) is 0 Å². The Morgan fingerprint density at radius 3 is 2.40 bits per heavy atom. The lowest BCUT2D eigenvalue weighted by atomic mass is 9.79. The minimum atomic E-state index is -0.742. The van der Waals surface area contributed by atoms with Gasteiger partial charge >= 0.3 is 0 Å². The van der Waals surface area contributed by atoms with Crippen molar-refractivity contribution in [1.29, 1.82) is 0 Å². The topological polar surface area (TPSA) is 60.2 Å². The molecule has 77 valence electrons. The molecule has 1 unspecified atom stereocenters. The van der Waals surface area contributed by atoms with Crippen molar-refractivity contribution in [3.05, 3.63) is 41.8 Å². The largest absolute Gasteiger partial charge is 0.320 e. The first-order chi connectivity index (χ1) is 7.20. The highest BCUT2D eigenvalue weighted by Crippen LogP contribution is 2.26. The third kappa shape index (κ3) is 1.83. The number of carbonyl (C=O) groups is 2. The molecule has 1 fully saturated rings. The molecule has 2 rings (SSSR count). The quantitative estimate of drug-likeness (QED) is 0.735. The number of rotatable bonds is 1. The van der Waals surface area contributed by atoms with Gasteiger partial charge in [-0.05, 0) is 5.56 Å². The van der Waals surface area contributed by atoms with Crippen molar-refractivity contribution in [3.63, 3.8) is 0 Å². The molecule has 0 bridgehead atoms. The molecule has 3 nitrogen and oxygen atoms in total. The minimum absolute atomic E-state index is 0.00620. The molecule has 0 aliphatic heterocycles. The maximum Gasteiger partial charge on any atom is 0.151 e. The van der Waals surface area contributed by atoms with E-state index in [9.17, 15) is 9.59 Å². The molecule has 15 heavy (non-hydrogen) atoms. The zero-order valence-electron chi connectivity index (χ0n) is 8.27. The number of hydrogen-bond acceptors (Lipinski definition) is 3. The van der Waals surface area contributed by atoms with Crippen molar-refractivity contribution in [2.75, 3.05) is 0 Å². The second kappa shape index (κ2) is 3.95. The van der Waals surface area contributed by atoms with E-state index in [4.69, 9.17) is 5.73 Å². The summed E-state index contributed by atoms with van der Waals surface area (Å²) >= 11 is 0. The van der Waals surface area contributed by atoms with E-state index in [1.165, 1.54) is 0 Å². The molecule has 0 heterocycles. The highest BCUT2D eigenvalue weighted by molar-refractivity contribution is 6.09. The van der Waals surface area contributed by atoms with Crippen LogP contribution in [-0.2, 0) is 9.59 Å². The van der Waals surface area contributed by atoms with E-state index in [1.807, 2.05) is 30.3 Å². The van der Waals surface area contributed by atoms with Crippen LogP contribution in [0.1, 0.15) is 18.4 Å². The van der Waals surface area contributed by atoms with Crippen LogP contribution in [-0.4, -0.2) is 17.6 Å². The van der Waals surface area contributed by atoms with Crippen LogP contribution < -0.4 is 5.73 Å². The zero-order valence-corrected chi connectivity index (χ0v) is 8.27. The molecule has 1 aliphatic carbocycles. The van der Waals surface area contributed by atoms with Gasteiger partial charge in [0.1, 0.15) is 5.78 Å². The number of Topliss-reactive ketones (excluding diaryl/α,β-unsaturated/α-hetero) is 2. The maximum atomic E-state index is 11.7. The number of ketones is 2. The second-order valence-corrected chi connectivity index (χ2v) is 3.65. The molecule has 0 amide bonds. The Hall–Kier alpha value is -1.48. The van der Waals surface area contributed by atoms with E-state index < -0.39 is 6.04 Å². The third-order valence-corrected chi connectivity index (χ3v) is 2.64. The van der Waals surface area contributed by atoms with Gasteiger partial charge in [0.25, 0.3) is 0 Å². The Kier molecular flexibility index (Phi) is 2.64. The molecule has 0 spiro atoms. The van der Waals surface area contributed by atoms with Gasteiger partial charge in [0.15, 0.2) is 5.78 Å². The van der Waals surface area contributed by atoms with Crippen molar-refractivity contribution >= 4 is 11.6 Å². The van der Waals surface area contributed by atoms with Gasteiger partial charge in [0.05, 0.1) is 12.0 Å². The average molecular weight is 202 g/mol. The predicted molar refractivity (Wildman–Crippen MR) is 56.0 cm³/mol. The lowest BCUT2D eigenvalue weighted by Crippen LogP contribution is -2.44. The molecule has 3 heteroatoms. The monoisotopic (exact) mass is 202 g/mol. The maximum absolute atomic E-state index is 11.7. The Morgan fingerprint density at radius 2 is 1.73 bits per heavy atom. The predicted octanol–water partition coefficient (Wildman–Crippen LogP) is 0.868. The van der Waals surface area contributed by atoms with E-state index in [1.54, 1.807) is 0 Å². The molecule has 2 N–H and O–H groups in total. The number of hydrogen-bond donors (Lipinski definition) is 1. The van der Waals surface area contributed by atoms with E-state index in [0.29, 0.717) is 5.92 Å². The number of carbonyl (C=O) groups excluding carboxylic acids is 2. The molecule has 0 aromatic heterocycles. The summed E-state index contributed by atoms with van der Waals surface area (Å²) in [5, 5.41) is 0. The second-order valence-electron chi connectivity index (χ2n) is 3.65. The molecule has 1 saturated carbocycles. The Balaban J connectivity index is 2.33. The summed E-state index contributed by atoms with van der Waals surface area (Å²) in [6.07, 6.45) is 0.563. The standard InChI is InChI=1S/C12H12NO2/c13-12-10(15)7-6-9(14)11(12)8-4-2-1-3-5-8/h1-5,12H,6-7,13H2. The highest BCUT2D eigenvalue weighted by Gasteiger charge is 2.36. The number of nitrogens with two attached hydrogens (primary N) is 1. The smallest absolute Gasteiger partial charge is 0.151 e. The normalized spacial score (nSPS) is 23.1. The van der Waals surface area contributed by atoms with Crippen LogP contribution >= 0.6 is 0 Å². The van der Waals surface area contributed by atoms with Crippen molar-refractivity contribution in [1.82, 2.24) is 0 Å². The van der Waals surface area contributed by atoms with Crippen molar-refractivity contribution in [3.8, 4) is 0 Å². The van der Waals surface area contributed by atoms with Gasteiger partial charge < -0.3 is 5.73 Å². The summed E-state index contributed by atoms with van der Waals surface area (Å²) in [6, 6.07) is 8.42. The Morgan fingerprint density at radius 1 is 1.07 bits per heavy atom. The van der Waals surface area contributed by atoms with Crippen molar-refractivity contribution < 1.29 is 9.59 Å². The van der Waals surface area contributed by atoms with Gasteiger partial charge in [-0.3, -0.25) is 9.59 Å². The fraction of sp³-hybridized carbons (Fsp3) is 0.250. The number of benzene rings is 1. The van der Waals surface area contributed by atoms with Crippen LogP contribution in [0, 0.1) is 5.92 Å². The fourth-order valence-corrected chi connectivity index (χ4v) is 1.82. The van der Waals surface area contributed by atoms with Gasteiger partial charge in [-0.25, -0.2) is 0 Å². The molecule has 0 saturated heterocycles. The summed E-state index contributed by atoms with van der Waals surface area (Å²) in [5.41, 5.74) is 6.50. The Labute approximate surface area is 88.3 Å². The SMILES string of the molecule is NC1[C](c2ccccc2)C(=O)CCC1=O. The van der Waals surface area contributed by atoms with Crippen LogP contribution in [0.15, 0.2) is 30.3 Å². The summed E-state index contributed by atoms with van der Waals surface area (Å²) in [5.74, 6) is 0.411. The zero-order chi connectivity index (χ0) is 10.8. The van der Waals surface area contributed by atoms with Crippen LogP contribution in [0.5, 0.6) is 0 Å². The van der Waals surface area contributed by atoms with Crippen LogP contribution in [0.4, 0.5) is 0 Å². The lowest BCUT2D eigenvalue weighted by Gasteiger charge is -2.25. The van der Waals surface area contributed by atoms with Crippen LogP contribution in [0.25, 0.3) is 0 Å². The van der Waals surface area contributed by atoms with E-state index in [0.717, 1.165) is 5.56 Å². The molecule has 1 radical (unpaired) electrons. The molecular weight excluding hydrogens is 190 g/mol. The molecule has 1 atom stereocenters. The molecule has 1 aliphatic rings. The summed E-state index contributed by atoms with van der Waals surface area (Å²) < 4.78 is 0. The van der Waals surface area contributed by atoms with Crippen LogP contribution in [0.3, 0.4) is 0 Å². The summed E-state index contributed by atoms with van der Waals surface area (Å²) in [7, 11) is 0. The van der Waals surface area contributed by atoms with Crippen molar-refractivity contribution in [2.24, 2.45) is 5.73 Å². The highest BCUT2D eigenvalue weighted by atomic mass is 16.1. The third-order valence-electron chi connectivity index (χ3n) is 2.64. The molecule has 1 aromatic rings. The van der Waals surface area contributed by atoms with Crippen molar-refractivity contribution in [2.45, 2.75) is 18.9 Å². The Bertz CT molecular complexity index is 386. The van der Waals surface area contributed by atoms with Crippen LogP contribution in [0.2, 0.25) is 0 Å². The van der Waals surface area contributed by atoms with E-state index >= 15 is 0 Å². The van der Waals surface area contributed by atoms with Gasteiger partial charge in [-0.15, -0.1) is 0 Å². The van der Waals surface area contributed by atoms with Gasteiger partial charge in [0.2, 0.25) is 0 Å². The first-order valence-electron chi connectivity index (χ1n) is 4.94. The fourth-order valence-electron chi connectivity index (χ4n) is 1.82. The van der Waals surface area contributed by atoms with E-state index in [-0.39, 0.29) is 24.4 Å². The van der Waals surface area contributed by atoms with Gasteiger partial charge in [-0.1, -0.05) is 30.3 Å². The first kappa shape index (κ1) is 10.1. The first-order valence-corrected chi connectivity index (χ1v) is 4.94. The van der Waals surface area contributed by atoms with E-state index in [2.05, 4.69) is 0 Å².